The monoisotopic (exact) mass is 536 g/mol. The molecule has 206 valence electrons. The number of phenols is 2. The molecule has 3 aromatic carbocycles. The molecule has 0 aliphatic carbocycles. The number of phenolic OH excluding ortho intramolecular Hbond substituents is 2. The molecule has 3 aliphatic heterocycles. The molecule has 6 rings (SSSR count). The zero-order valence-electron chi connectivity index (χ0n) is 22.0. The number of fused-ring (bicyclic) bond motifs is 2. The second kappa shape index (κ2) is 10.1. The molecule has 0 unspecified atom stereocenters. The minimum Gasteiger partial charge on any atom is -0.504 e. The number of ether oxygens (including phenoxy) is 6. The lowest BCUT2D eigenvalue weighted by Gasteiger charge is -2.19. The Hall–Kier alpha value is -3.66. The summed E-state index contributed by atoms with van der Waals surface area (Å²) in [6.45, 7) is 0.913. The Kier molecular flexibility index (Phi) is 6.66. The molecule has 2 saturated heterocycles. The van der Waals surface area contributed by atoms with Crippen LogP contribution in [0.3, 0.4) is 0 Å². The number of rotatable bonds is 7. The first-order chi connectivity index (χ1) is 19.0. The van der Waals surface area contributed by atoms with Gasteiger partial charge in [0.2, 0.25) is 0 Å². The maximum atomic E-state index is 10.4. The highest BCUT2D eigenvalue weighted by atomic mass is 16.5. The van der Waals surface area contributed by atoms with Crippen molar-refractivity contribution in [3.63, 3.8) is 0 Å². The summed E-state index contributed by atoms with van der Waals surface area (Å²) in [7, 11) is 4.62. The van der Waals surface area contributed by atoms with Crippen molar-refractivity contribution in [3.8, 4) is 34.5 Å². The number of aromatic hydroxyl groups is 2. The van der Waals surface area contributed by atoms with Crippen LogP contribution in [0.25, 0.3) is 0 Å². The van der Waals surface area contributed by atoms with Gasteiger partial charge >= 0.3 is 0 Å². The van der Waals surface area contributed by atoms with Crippen LogP contribution < -0.4 is 18.9 Å². The van der Waals surface area contributed by atoms with Crippen LogP contribution in [0.2, 0.25) is 0 Å². The summed E-state index contributed by atoms with van der Waals surface area (Å²) in [5.74, 6) is 1.92. The zero-order chi connectivity index (χ0) is 27.3. The van der Waals surface area contributed by atoms with Crippen molar-refractivity contribution < 1.29 is 43.7 Å². The van der Waals surface area contributed by atoms with Crippen molar-refractivity contribution in [1.82, 2.24) is 0 Å². The Morgan fingerprint density at radius 1 is 0.692 bits per heavy atom. The van der Waals surface area contributed by atoms with Gasteiger partial charge in [0.1, 0.15) is 6.10 Å². The van der Waals surface area contributed by atoms with E-state index in [1.807, 2.05) is 24.3 Å². The molecule has 9 nitrogen and oxygen atoms in total. The Morgan fingerprint density at radius 2 is 1.21 bits per heavy atom. The van der Waals surface area contributed by atoms with Crippen molar-refractivity contribution in [2.24, 2.45) is 11.8 Å². The molecule has 0 amide bonds. The van der Waals surface area contributed by atoms with Gasteiger partial charge in [-0.2, -0.15) is 0 Å². The fourth-order valence-corrected chi connectivity index (χ4v) is 6.21. The predicted molar refractivity (Wildman–Crippen MR) is 140 cm³/mol. The molecule has 0 radical (unpaired) electrons. The number of hydrogen-bond acceptors (Lipinski definition) is 9. The van der Waals surface area contributed by atoms with Crippen LogP contribution in [0.15, 0.2) is 48.5 Å². The van der Waals surface area contributed by atoms with E-state index in [9.17, 15) is 15.3 Å². The molecule has 3 N–H and O–H groups in total. The van der Waals surface area contributed by atoms with Gasteiger partial charge in [0, 0.05) is 17.4 Å². The average Bonchev–Trinajstić information content (AvgIpc) is 3.66. The van der Waals surface area contributed by atoms with E-state index in [0.717, 1.165) is 22.3 Å². The number of aliphatic hydroxyl groups excluding tert-OH is 1. The van der Waals surface area contributed by atoms with E-state index in [-0.39, 0.29) is 48.1 Å². The molecule has 3 aliphatic rings. The molecular weight excluding hydrogens is 504 g/mol. The molecule has 0 spiro atoms. The Bertz CT molecular complexity index is 1370. The Balaban J connectivity index is 1.30. The lowest BCUT2D eigenvalue weighted by atomic mass is 9.83. The average molecular weight is 537 g/mol. The summed E-state index contributed by atoms with van der Waals surface area (Å²) in [5.41, 5.74) is 3.50. The molecule has 0 saturated carbocycles. The van der Waals surface area contributed by atoms with Crippen LogP contribution in [0, 0.1) is 11.8 Å². The van der Waals surface area contributed by atoms with Gasteiger partial charge in [-0.25, -0.2) is 0 Å². The van der Waals surface area contributed by atoms with Gasteiger partial charge < -0.3 is 43.7 Å². The van der Waals surface area contributed by atoms with E-state index in [4.69, 9.17) is 28.4 Å². The van der Waals surface area contributed by atoms with Gasteiger partial charge in [0.25, 0.3) is 0 Å². The predicted octanol–water partition coefficient (Wildman–Crippen LogP) is 4.41. The van der Waals surface area contributed by atoms with Crippen molar-refractivity contribution in [1.29, 1.82) is 0 Å². The molecule has 2 fully saturated rings. The van der Waals surface area contributed by atoms with Crippen molar-refractivity contribution in [3.05, 3.63) is 70.8 Å². The topological polar surface area (TPSA) is 116 Å². The van der Waals surface area contributed by atoms with Gasteiger partial charge in [-0.15, -0.1) is 0 Å². The van der Waals surface area contributed by atoms with E-state index >= 15 is 0 Å². The maximum Gasteiger partial charge on any atom is 0.165 e. The normalized spacial score (nSPS) is 27.1. The first-order valence-corrected chi connectivity index (χ1v) is 12.9. The first kappa shape index (κ1) is 25.6. The lowest BCUT2D eigenvalue weighted by molar-refractivity contribution is 0.0191. The fraction of sp³-hybridized carbons (Fsp3) is 0.400. The second-order valence-corrected chi connectivity index (χ2v) is 10.2. The number of methoxy groups -OCH3 is 3. The van der Waals surface area contributed by atoms with Crippen LogP contribution in [-0.2, 0) is 9.47 Å². The van der Waals surface area contributed by atoms with E-state index in [0.29, 0.717) is 36.2 Å². The van der Waals surface area contributed by atoms with Crippen molar-refractivity contribution >= 4 is 0 Å². The second-order valence-electron chi connectivity index (χ2n) is 10.2. The van der Waals surface area contributed by atoms with Gasteiger partial charge in [-0.05, 0) is 53.1 Å². The molecule has 3 aromatic rings. The van der Waals surface area contributed by atoms with Crippen LogP contribution in [-0.4, -0.2) is 56.5 Å². The lowest BCUT2D eigenvalue weighted by Crippen LogP contribution is -2.15. The number of benzene rings is 3. The molecule has 6 atom stereocenters. The van der Waals surface area contributed by atoms with E-state index in [2.05, 4.69) is 0 Å². The molecule has 39 heavy (non-hydrogen) atoms. The SMILES string of the molecule is COc1cc([C@H]2OC[C@H]3[C@@H]2CO[C@@H]3c2cc(OC)c3c(c2)[C@H](CO)[C@@H](c2ccc(O)c(OC)c2)O3)ccc1O. The quantitative estimate of drug-likeness (QED) is 0.404. The van der Waals surface area contributed by atoms with E-state index < -0.39 is 6.10 Å². The standard InChI is InChI=1S/C30H32O9/c1-34-24-9-15(4-6-22(24)32)27-20-13-38-28(21(20)14-37-27)17-8-18-19(12-31)29(39-30(18)26(11-17)36-3)16-5-7-23(33)25(10-16)35-2/h4-11,19-21,27-29,31-33H,12-14H2,1-3H3/t19-,20-,21-,27+,28+,29+/m0/s1. The number of hydrogen-bond donors (Lipinski definition) is 3. The Morgan fingerprint density at radius 3 is 1.74 bits per heavy atom. The summed E-state index contributed by atoms with van der Waals surface area (Å²) in [6.07, 6.45) is -0.872. The van der Waals surface area contributed by atoms with Crippen LogP contribution in [0.1, 0.15) is 46.5 Å². The summed E-state index contributed by atoms with van der Waals surface area (Å²) < 4.78 is 35.3. The summed E-state index contributed by atoms with van der Waals surface area (Å²) in [5, 5.41) is 30.5. The third-order valence-electron chi connectivity index (χ3n) is 8.19. The van der Waals surface area contributed by atoms with E-state index in [1.165, 1.54) is 14.2 Å². The van der Waals surface area contributed by atoms with Gasteiger partial charge in [-0.1, -0.05) is 12.1 Å². The highest BCUT2D eigenvalue weighted by Gasteiger charge is 2.49. The highest BCUT2D eigenvalue weighted by molar-refractivity contribution is 5.56. The molecule has 0 bridgehead atoms. The summed E-state index contributed by atoms with van der Waals surface area (Å²) >= 11 is 0. The highest BCUT2D eigenvalue weighted by Crippen LogP contribution is 2.55. The maximum absolute atomic E-state index is 10.4. The third-order valence-corrected chi connectivity index (χ3v) is 8.19. The van der Waals surface area contributed by atoms with Crippen molar-refractivity contribution in [2.75, 3.05) is 41.2 Å². The van der Waals surface area contributed by atoms with Crippen LogP contribution >= 0.6 is 0 Å². The smallest absolute Gasteiger partial charge is 0.165 e. The van der Waals surface area contributed by atoms with Gasteiger partial charge in [0.15, 0.2) is 34.5 Å². The van der Waals surface area contributed by atoms with Crippen LogP contribution in [0.4, 0.5) is 0 Å². The first-order valence-electron chi connectivity index (χ1n) is 12.9. The van der Waals surface area contributed by atoms with Gasteiger partial charge in [0.05, 0.1) is 59.3 Å². The van der Waals surface area contributed by atoms with Crippen molar-refractivity contribution in [2.45, 2.75) is 24.2 Å². The van der Waals surface area contributed by atoms with Gasteiger partial charge in [-0.3, -0.25) is 0 Å². The summed E-state index contributed by atoms with van der Waals surface area (Å²) in [4.78, 5) is 0. The largest absolute Gasteiger partial charge is 0.504 e. The molecule has 3 heterocycles. The third kappa shape index (κ3) is 4.21. The molecule has 0 aromatic heterocycles. The van der Waals surface area contributed by atoms with Crippen LogP contribution in [0.5, 0.6) is 34.5 Å². The zero-order valence-corrected chi connectivity index (χ0v) is 22.0. The Labute approximate surface area is 226 Å². The van der Waals surface area contributed by atoms with E-state index in [1.54, 1.807) is 31.4 Å². The summed E-state index contributed by atoms with van der Waals surface area (Å²) in [6, 6.07) is 14.3. The molecule has 9 heteroatoms. The minimum atomic E-state index is -0.482. The number of aliphatic hydroxyl groups is 1. The fourth-order valence-electron chi connectivity index (χ4n) is 6.21. The molecular formula is C30H32O9. The minimum absolute atomic E-state index is 0.0351.